The van der Waals surface area contributed by atoms with Gasteiger partial charge < -0.3 is 15.0 Å². The molecular formula is C25H26N4O6. The third kappa shape index (κ3) is 4.49. The lowest BCUT2D eigenvalue weighted by atomic mass is 9.96. The van der Waals surface area contributed by atoms with Gasteiger partial charge in [-0.05, 0) is 31.0 Å². The summed E-state index contributed by atoms with van der Waals surface area (Å²) in [5, 5.41) is 14.1. The van der Waals surface area contributed by atoms with Crippen molar-refractivity contribution in [3.63, 3.8) is 0 Å². The van der Waals surface area contributed by atoms with E-state index in [0.29, 0.717) is 18.4 Å². The van der Waals surface area contributed by atoms with Gasteiger partial charge >= 0.3 is 0 Å². The normalized spacial score (nSPS) is 21.1. The van der Waals surface area contributed by atoms with Crippen LogP contribution < -0.4 is 5.32 Å². The Morgan fingerprint density at radius 3 is 2.31 bits per heavy atom. The number of amides is 3. The summed E-state index contributed by atoms with van der Waals surface area (Å²) in [5.74, 6) is -0.813. The first kappa shape index (κ1) is 23.0. The van der Waals surface area contributed by atoms with E-state index >= 15 is 0 Å². The number of rotatable bonds is 5. The summed E-state index contributed by atoms with van der Waals surface area (Å²) in [5.41, 5.74) is -0.441. The maximum absolute atomic E-state index is 13.6. The molecule has 2 aliphatic heterocycles. The summed E-state index contributed by atoms with van der Waals surface area (Å²) in [6, 6.07) is 13.8. The second kappa shape index (κ2) is 9.10. The minimum atomic E-state index is -1.00. The molecule has 2 heterocycles. The molecule has 0 aromatic heterocycles. The lowest BCUT2D eigenvalue weighted by Gasteiger charge is -2.44. The molecular weight excluding hydrogens is 452 g/mol. The molecule has 5 rings (SSSR count). The lowest BCUT2D eigenvalue weighted by molar-refractivity contribution is -0.384. The number of hydrogen-bond acceptors (Lipinski definition) is 6. The number of hydrogen-bond donors (Lipinski definition) is 1. The SMILES string of the molecule is O=C(NC1CC1)[C@H]1COC2(CCN(C(=O)c3cccc([N+](=O)[O-])c3)CC2)N1C(=O)c1ccccc1. The Hall–Kier alpha value is -3.79. The van der Waals surface area contributed by atoms with E-state index in [4.69, 9.17) is 4.74 Å². The van der Waals surface area contributed by atoms with Crippen LogP contribution in [0, 0.1) is 10.1 Å². The Balaban J connectivity index is 1.36. The summed E-state index contributed by atoms with van der Waals surface area (Å²) >= 11 is 0. The van der Waals surface area contributed by atoms with E-state index < -0.39 is 16.7 Å². The third-order valence-corrected chi connectivity index (χ3v) is 6.86. The van der Waals surface area contributed by atoms with E-state index in [1.165, 1.54) is 18.2 Å². The van der Waals surface area contributed by atoms with Crippen molar-refractivity contribution in [3.8, 4) is 0 Å². The molecule has 10 nitrogen and oxygen atoms in total. The highest BCUT2D eigenvalue weighted by atomic mass is 16.6. The van der Waals surface area contributed by atoms with Crippen LogP contribution in [0.5, 0.6) is 0 Å². The van der Waals surface area contributed by atoms with Crippen molar-refractivity contribution in [1.29, 1.82) is 0 Å². The number of benzene rings is 2. The Bertz CT molecular complexity index is 1160. The highest BCUT2D eigenvalue weighted by Gasteiger charge is 2.54. The van der Waals surface area contributed by atoms with E-state index in [-0.39, 0.29) is 54.7 Å². The van der Waals surface area contributed by atoms with E-state index in [9.17, 15) is 24.5 Å². The maximum Gasteiger partial charge on any atom is 0.270 e. The molecule has 3 aliphatic rings. The molecule has 0 bridgehead atoms. The fourth-order valence-electron chi connectivity index (χ4n) is 4.81. The van der Waals surface area contributed by atoms with Crippen molar-refractivity contribution >= 4 is 23.4 Å². The lowest BCUT2D eigenvalue weighted by Crippen LogP contribution is -2.60. The van der Waals surface area contributed by atoms with Crippen LogP contribution in [0.3, 0.4) is 0 Å². The molecule has 2 aromatic carbocycles. The van der Waals surface area contributed by atoms with Crippen molar-refractivity contribution in [2.75, 3.05) is 19.7 Å². The van der Waals surface area contributed by atoms with Gasteiger partial charge in [0.05, 0.1) is 11.5 Å². The molecule has 0 radical (unpaired) electrons. The minimum absolute atomic E-state index is 0.0932. The van der Waals surface area contributed by atoms with Gasteiger partial charge in [-0.15, -0.1) is 0 Å². The number of nitro benzene ring substituents is 1. The summed E-state index contributed by atoms with van der Waals surface area (Å²) < 4.78 is 6.17. The molecule has 182 valence electrons. The highest BCUT2D eigenvalue weighted by Crippen LogP contribution is 2.39. The number of carbonyl (C=O) groups excluding carboxylic acids is 3. The summed E-state index contributed by atoms with van der Waals surface area (Å²) in [4.78, 5) is 53.4. The second-order valence-electron chi connectivity index (χ2n) is 9.20. The fraction of sp³-hybridized carbons (Fsp3) is 0.400. The number of non-ortho nitro benzene ring substituents is 1. The second-order valence-corrected chi connectivity index (χ2v) is 9.20. The Labute approximate surface area is 202 Å². The number of nitrogens with one attached hydrogen (secondary N) is 1. The van der Waals surface area contributed by atoms with Crippen LogP contribution in [0.25, 0.3) is 0 Å². The zero-order valence-corrected chi connectivity index (χ0v) is 19.1. The van der Waals surface area contributed by atoms with E-state index in [1.54, 1.807) is 40.1 Å². The molecule has 1 aliphatic carbocycles. The number of piperidine rings is 1. The molecule has 1 atom stereocenters. The zero-order chi connectivity index (χ0) is 24.6. The molecule has 0 unspecified atom stereocenters. The number of ether oxygens (including phenoxy) is 1. The van der Waals surface area contributed by atoms with Crippen LogP contribution in [-0.4, -0.2) is 69.9 Å². The monoisotopic (exact) mass is 478 g/mol. The van der Waals surface area contributed by atoms with Crippen LogP contribution in [0.1, 0.15) is 46.4 Å². The van der Waals surface area contributed by atoms with Gasteiger partial charge in [0.1, 0.15) is 11.8 Å². The van der Waals surface area contributed by atoms with E-state index in [2.05, 4.69) is 5.32 Å². The molecule has 3 amide bonds. The van der Waals surface area contributed by atoms with Crippen molar-refractivity contribution in [2.45, 2.75) is 43.5 Å². The van der Waals surface area contributed by atoms with Crippen molar-refractivity contribution in [3.05, 3.63) is 75.8 Å². The topological polar surface area (TPSA) is 122 Å². The zero-order valence-electron chi connectivity index (χ0n) is 19.1. The molecule has 1 N–H and O–H groups in total. The van der Waals surface area contributed by atoms with Crippen LogP contribution in [0.4, 0.5) is 5.69 Å². The van der Waals surface area contributed by atoms with Gasteiger partial charge in [0.15, 0.2) is 0 Å². The first-order valence-corrected chi connectivity index (χ1v) is 11.7. The predicted octanol–water partition coefficient (Wildman–Crippen LogP) is 2.35. The molecule has 3 fully saturated rings. The van der Waals surface area contributed by atoms with E-state index in [0.717, 1.165) is 12.8 Å². The van der Waals surface area contributed by atoms with Crippen molar-refractivity contribution < 1.29 is 24.0 Å². The van der Waals surface area contributed by atoms with Gasteiger partial charge in [0.2, 0.25) is 5.91 Å². The van der Waals surface area contributed by atoms with Crippen LogP contribution in [-0.2, 0) is 9.53 Å². The molecule has 10 heteroatoms. The number of carbonyl (C=O) groups is 3. The molecule has 2 aromatic rings. The molecule has 35 heavy (non-hydrogen) atoms. The predicted molar refractivity (Wildman–Crippen MR) is 124 cm³/mol. The Kier molecular flexibility index (Phi) is 5.98. The fourth-order valence-corrected chi connectivity index (χ4v) is 4.81. The van der Waals surface area contributed by atoms with E-state index in [1.807, 2.05) is 6.07 Å². The molecule has 2 saturated heterocycles. The average molecular weight is 479 g/mol. The summed E-state index contributed by atoms with van der Waals surface area (Å²) in [6.45, 7) is 0.671. The summed E-state index contributed by atoms with van der Waals surface area (Å²) in [6.07, 6.45) is 2.54. The third-order valence-electron chi connectivity index (χ3n) is 6.86. The number of nitrogens with zero attached hydrogens (tertiary/aromatic N) is 3. The quantitative estimate of drug-likeness (QED) is 0.520. The first-order valence-electron chi connectivity index (χ1n) is 11.7. The van der Waals surface area contributed by atoms with Gasteiger partial charge in [0.25, 0.3) is 17.5 Å². The Morgan fingerprint density at radius 1 is 0.971 bits per heavy atom. The van der Waals surface area contributed by atoms with Crippen LogP contribution in [0.15, 0.2) is 54.6 Å². The van der Waals surface area contributed by atoms with Crippen LogP contribution >= 0.6 is 0 Å². The summed E-state index contributed by atoms with van der Waals surface area (Å²) in [7, 11) is 0. The van der Waals surface area contributed by atoms with Gasteiger partial charge in [-0.3, -0.25) is 29.4 Å². The van der Waals surface area contributed by atoms with Crippen LogP contribution in [0.2, 0.25) is 0 Å². The van der Waals surface area contributed by atoms with Gasteiger partial charge in [-0.2, -0.15) is 0 Å². The highest BCUT2D eigenvalue weighted by molar-refractivity contribution is 5.99. The van der Waals surface area contributed by atoms with Crippen molar-refractivity contribution in [1.82, 2.24) is 15.1 Å². The number of likely N-dealkylation sites (tertiary alicyclic amines) is 1. The maximum atomic E-state index is 13.6. The first-order chi connectivity index (χ1) is 16.9. The van der Waals surface area contributed by atoms with Gasteiger partial charge in [-0.25, -0.2) is 0 Å². The van der Waals surface area contributed by atoms with Crippen molar-refractivity contribution in [2.24, 2.45) is 0 Å². The van der Waals surface area contributed by atoms with Gasteiger partial charge in [-0.1, -0.05) is 24.3 Å². The average Bonchev–Trinajstić information content (AvgIpc) is 3.63. The van der Waals surface area contributed by atoms with Gasteiger partial charge in [0, 0.05) is 55.2 Å². The standard InChI is InChI=1S/C25H26N4O6/c30-22(26-19-9-10-19)21-16-35-25(28(21)24(32)17-5-2-1-3-6-17)11-13-27(14-12-25)23(31)18-7-4-8-20(15-18)29(33)34/h1-8,15,19,21H,9-14,16H2,(H,26,30)/t21-/m1/s1. The minimum Gasteiger partial charge on any atom is -0.353 e. The Morgan fingerprint density at radius 2 is 1.66 bits per heavy atom. The smallest absolute Gasteiger partial charge is 0.270 e. The molecule has 1 spiro atoms. The largest absolute Gasteiger partial charge is 0.353 e. The number of nitro groups is 1. The molecule has 1 saturated carbocycles.